The number of nitro benzene ring substituents is 1. The van der Waals surface area contributed by atoms with Crippen LogP contribution in [0, 0.1) is 10.1 Å². The lowest BCUT2D eigenvalue weighted by molar-refractivity contribution is -0.384. The third kappa shape index (κ3) is 4.28. The number of nitro groups is 1. The van der Waals surface area contributed by atoms with Crippen molar-refractivity contribution in [1.82, 2.24) is 0 Å². The topological polar surface area (TPSA) is 92.5 Å². The summed E-state index contributed by atoms with van der Waals surface area (Å²) in [4.78, 5) is 21.6. The van der Waals surface area contributed by atoms with E-state index >= 15 is 0 Å². The van der Waals surface area contributed by atoms with Crippen LogP contribution in [0.1, 0.15) is 24.2 Å². The predicted molar refractivity (Wildman–Crippen MR) is 87.5 cm³/mol. The van der Waals surface area contributed by atoms with Gasteiger partial charge in [-0.05, 0) is 17.2 Å². The van der Waals surface area contributed by atoms with Gasteiger partial charge < -0.3 is 10.4 Å². The Kier molecular flexibility index (Phi) is 5.31. The zero-order valence-corrected chi connectivity index (χ0v) is 13.1. The van der Waals surface area contributed by atoms with Gasteiger partial charge in [0.15, 0.2) is 0 Å². The summed E-state index contributed by atoms with van der Waals surface area (Å²) >= 11 is 6.06. The largest absolute Gasteiger partial charge is 0.388 e. The molecule has 1 unspecified atom stereocenters. The van der Waals surface area contributed by atoms with E-state index in [9.17, 15) is 20.0 Å². The number of carbonyl (C=O) groups excluding carboxylic acids is 1. The smallest absolute Gasteiger partial charge is 0.271 e. The van der Waals surface area contributed by atoms with E-state index in [0.29, 0.717) is 21.8 Å². The molecule has 2 aromatic rings. The number of hydrogen-bond donors (Lipinski definition) is 2. The van der Waals surface area contributed by atoms with Crippen molar-refractivity contribution < 1.29 is 14.8 Å². The first kappa shape index (κ1) is 16.9. The third-order valence-corrected chi connectivity index (χ3v) is 3.64. The predicted octanol–water partition coefficient (Wildman–Crippen LogP) is 3.48. The molecule has 0 bridgehead atoms. The Labute approximate surface area is 137 Å². The van der Waals surface area contributed by atoms with Crippen molar-refractivity contribution >= 4 is 28.9 Å². The van der Waals surface area contributed by atoms with Crippen LogP contribution in [0.5, 0.6) is 0 Å². The zero-order chi connectivity index (χ0) is 17.0. The Balaban J connectivity index is 2.33. The molecule has 0 saturated carbocycles. The highest BCUT2D eigenvalue weighted by Crippen LogP contribution is 2.30. The quantitative estimate of drug-likeness (QED) is 0.646. The molecule has 0 radical (unpaired) electrons. The highest BCUT2D eigenvalue weighted by Gasteiger charge is 2.17. The molecule has 23 heavy (non-hydrogen) atoms. The second-order valence-electron chi connectivity index (χ2n) is 5.02. The molecule has 0 spiro atoms. The molecule has 120 valence electrons. The van der Waals surface area contributed by atoms with Crippen LogP contribution in [0.25, 0.3) is 0 Å². The minimum atomic E-state index is -0.891. The molecule has 0 aliphatic carbocycles. The van der Waals surface area contributed by atoms with Gasteiger partial charge in [0, 0.05) is 30.5 Å². The van der Waals surface area contributed by atoms with Gasteiger partial charge in [0.25, 0.3) is 5.69 Å². The molecule has 0 aromatic heterocycles. The van der Waals surface area contributed by atoms with Gasteiger partial charge in [-0.3, -0.25) is 14.9 Å². The molecule has 0 aliphatic rings. The average molecular weight is 335 g/mol. The average Bonchev–Trinajstić information content (AvgIpc) is 2.48. The highest BCUT2D eigenvalue weighted by atomic mass is 35.5. The number of rotatable bonds is 5. The van der Waals surface area contributed by atoms with Crippen molar-refractivity contribution in [2.75, 3.05) is 5.32 Å². The normalized spacial score (nSPS) is 11.8. The summed E-state index contributed by atoms with van der Waals surface area (Å²) in [5.74, 6) is -0.348. The van der Waals surface area contributed by atoms with Gasteiger partial charge in [0.1, 0.15) is 0 Å². The van der Waals surface area contributed by atoms with E-state index in [1.807, 2.05) is 0 Å². The van der Waals surface area contributed by atoms with Crippen LogP contribution in [-0.4, -0.2) is 15.9 Å². The van der Waals surface area contributed by atoms with Crippen molar-refractivity contribution in [1.29, 1.82) is 0 Å². The number of anilines is 1. The summed E-state index contributed by atoms with van der Waals surface area (Å²) in [5, 5.41) is 24.2. The van der Waals surface area contributed by atoms with Crippen LogP contribution in [0.15, 0.2) is 42.5 Å². The Morgan fingerprint density at radius 2 is 2.04 bits per heavy atom. The van der Waals surface area contributed by atoms with Crippen molar-refractivity contribution in [3.63, 3.8) is 0 Å². The van der Waals surface area contributed by atoms with Crippen LogP contribution in [0.2, 0.25) is 5.02 Å². The van der Waals surface area contributed by atoms with Gasteiger partial charge in [0.05, 0.1) is 16.7 Å². The van der Waals surface area contributed by atoms with Crippen molar-refractivity contribution in [2.24, 2.45) is 0 Å². The number of aliphatic hydroxyl groups excluding tert-OH is 1. The molecule has 0 aliphatic heterocycles. The molecule has 2 rings (SSSR count). The van der Waals surface area contributed by atoms with Crippen molar-refractivity contribution in [3.8, 4) is 0 Å². The van der Waals surface area contributed by atoms with Gasteiger partial charge in [-0.25, -0.2) is 0 Å². The van der Waals surface area contributed by atoms with E-state index in [1.165, 1.54) is 25.1 Å². The summed E-state index contributed by atoms with van der Waals surface area (Å²) in [6.07, 6.45) is -0.727. The number of nitrogens with one attached hydrogen (secondary N) is 1. The van der Waals surface area contributed by atoms with E-state index in [-0.39, 0.29) is 18.0 Å². The van der Waals surface area contributed by atoms with Gasteiger partial charge in [-0.1, -0.05) is 35.9 Å². The fourth-order valence-corrected chi connectivity index (χ4v) is 2.49. The minimum Gasteiger partial charge on any atom is -0.388 e. The summed E-state index contributed by atoms with van der Waals surface area (Å²) in [7, 11) is 0. The first-order valence-electron chi connectivity index (χ1n) is 6.86. The molecular weight excluding hydrogens is 320 g/mol. The van der Waals surface area contributed by atoms with Crippen molar-refractivity contribution in [2.45, 2.75) is 19.4 Å². The lowest BCUT2D eigenvalue weighted by Gasteiger charge is -2.15. The molecule has 6 nitrogen and oxygen atoms in total. The summed E-state index contributed by atoms with van der Waals surface area (Å²) in [6.45, 7) is 1.31. The summed E-state index contributed by atoms with van der Waals surface area (Å²) in [6, 6.07) is 11.0. The molecule has 0 heterocycles. The van der Waals surface area contributed by atoms with Crippen LogP contribution in [0.4, 0.5) is 11.4 Å². The number of benzene rings is 2. The molecule has 7 heteroatoms. The fraction of sp³-hybridized carbons (Fsp3) is 0.188. The molecule has 2 N–H and O–H groups in total. The van der Waals surface area contributed by atoms with Gasteiger partial charge >= 0.3 is 0 Å². The lowest BCUT2D eigenvalue weighted by atomic mass is 9.99. The first-order valence-corrected chi connectivity index (χ1v) is 7.23. The standard InChI is InChI=1S/C16H15ClN2O4/c1-10(20)18-15-9-12(19(22)23)7-6-11(15)8-16(21)13-4-2-3-5-14(13)17/h2-7,9,16,21H,8H2,1H3,(H,18,20). The molecule has 1 amide bonds. The van der Waals surface area contributed by atoms with Crippen LogP contribution >= 0.6 is 11.6 Å². The Morgan fingerprint density at radius 1 is 1.35 bits per heavy atom. The van der Waals surface area contributed by atoms with Crippen LogP contribution in [0.3, 0.4) is 0 Å². The molecule has 0 fully saturated rings. The molecule has 1 atom stereocenters. The van der Waals surface area contributed by atoms with E-state index in [2.05, 4.69) is 5.32 Å². The van der Waals surface area contributed by atoms with Gasteiger partial charge in [-0.2, -0.15) is 0 Å². The summed E-state index contributed by atoms with van der Waals surface area (Å²) in [5.41, 5.74) is 1.31. The number of halogens is 1. The maximum Gasteiger partial charge on any atom is 0.271 e. The van der Waals surface area contributed by atoms with E-state index in [1.54, 1.807) is 24.3 Å². The van der Waals surface area contributed by atoms with Gasteiger partial charge in [0.2, 0.25) is 5.91 Å². The van der Waals surface area contributed by atoms with E-state index in [0.717, 1.165) is 0 Å². The fourth-order valence-electron chi connectivity index (χ4n) is 2.23. The highest BCUT2D eigenvalue weighted by molar-refractivity contribution is 6.31. The maximum atomic E-state index is 11.3. The van der Waals surface area contributed by atoms with Crippen LogP contribution < -0.4 is 5.32 Å². The lowest BCUT2D eigenvalue weighted by Crippen LogP contribution is -2.11. The Hall–Kier alpha value is -2.44. The van der Waals surface area contributed by atoms with E-state index < -0.39 is 11.0 Å². The Bertz CT molecular complexity index is 749. The maximum absolute atomic E-state index is 11.3. The molecule has 0 saturated heterocycles. The number of carbonyl (C=O) groups is 1. The third-order valence-electron chi connectivity index (χ3n) is 3.29. The zero-order valence-electron chi connectivity index (χ0n) is 12.3. The number of nitrogens with zero attached hydrogens (tertiary/aromatic N) is 1. The van der Waals surface area contributed by atoms with E-state index in [4.69, 9.17) is 11.6 Å². The molecule has 2 aromatic carbocycles. The second-order valence-corrected chi connectivity index (χ2v) is 5.43. The summed E-state index contributed by atoms with van der Waals surface area (Å²) < 4.78 is 0. The monoisotopic (exact) mass is 334 g/mol. The minimum absolute atomic E-state index is 0.135. The first-order chi connectivity index (χ1) is 10.9. The number of amides is 1. The second kappa shape index (κ2) is 7.21. The number of non-ortho nitro benzene ring substituents is 1. The molecular formula is C16H15ClN2O4. The SMILES string of the molecule is CC(=O)Nc1cc([N+](=O)[O-])ccc1CC(O)c1ccccc1Cl. The number of hydrogen-bond acceptors (Lipinski definition) is 4. The van der Waals surface area contributed by atoms with Crippen molar-refractivity contribution in [3.05, 3.63) is 68.7 Å². The Morgan fingerprint density at radius 3 is 2.65 bits per heavy atom. The van der Waals surface area contributed by atoms with Crippen LogP contribution in [-0.2, 0) is 11.2 Å². The number of aliphatic hydroxyl groups is 1. The van der Waals surface area contributed by atoms with Gasteiger partial charge in [-0.15, -0.1) is 0 Å².